The molecule has 0 bridgehead atoms. The van der Waals surface area contributed by atoms with Crippen LogP contribution in [0.25, 0.3) is 0 Å². The Hall–Kier alpha value is -1.89. The van der Waals surface area contributed by atoms with Crippen LogP contribution < -0.4 is 0 Å². The first-order valence-corrected chi connectivity index (χ1v) is 9.34. The lowest BCUT2D eigenvalue weighted by atomic mass is 9.94. The number of ether oxygens (including phenoxy) is 1. The molecule has 2 fully saturated rings. The minimum absolute atomic E-state index is 0.0316. The van der Waals surface area contributed by atoms with E-state index in [0.717, 1.165) is 50.2 Å². The molecule has 3 aliphatic rings. The number of nitrogens with zero attached hydrogens (tertiary/aromatic N) is 4. The molecule has 1 aromatic heterocycles. The Morgan fingerprint density at radius 1 is 1.08 bits per heavy atom. The van der Waals surface area contributed by atoms with E-state index in [2.05, 4.69) is 11.2 Å². The largest absolute Gasteiger partial charge is 0.368 e. The zero-order valence-electron chi connectivity index (χ0n) is 14.8. The number of hydrogen-bond acceptors (Lipinski definition) is 4. The van der Waals surface area contributed by atoms with E-state index in [1.165, 1.54) is 0 Å². The molecule has 2 saturated heterocycles. The number of carbonyl (C=O) groups is 2. The van der Waals surface area contributed by atoms with E-state index in [4.69, 9.17) is 4.74 Å². The molecule has 0 aromatic carbocycles. The van der Waals surface area contributed by atoms with Crippen LogP contribution in [0.15, 0.2) is 6.07 Å². The van der Waals surface area contributed by atoms with Crippen LogP contribution in [0.1, 0.15) is 37.1 Å². The Morgan fingerprint density at radius 3 is 2.60 bits per heavy atom. The second-order valence-corrected chi connectivity index (χ2v) is 7.36. The van der Waals surface area contributed by atoms with Crippen molar-refractivity contribution in [1.29, 1.82) is 0 Å². The van der Waals surface area contributed by atoms with Crippen molar-refractivity contribution in [3.05, 3.63) is 17.5 Å². The van der Waals surface area contributed by atoms with Crippen molar-refractivity contribution in [1.82, 2.24) is 19.6 Å². The van der Waals surface area contributed by atoms with E-state index in [-0.39, 0.29) is 23.8 Å². The Balaban J connectivity index is 1.32. The molecule has 7 nitrogen and oxygen atoms in total. The zero-order chi connectivity index (χ0) is 17.4. The fraction of sp³-hybridized carbons (Fsp3) is 0.722. The number of likely N-dealkylation sites (tertiary alicyclic amines) is 1. The summed E-state index contributed by atoms with van der Waals surface area (Å²) in [6.45, 7) is 6.15. The van der Waals surface area contributed by atoms with Crippen LogP contribution in [0.2, 0.25) is 0 Å². The van der Waals surface area contributed by atoms with Crippen molar-refractivity contribution in [2.24, 2.45) is 5.92 Å². The molecule has 0 unspecified atom stereocenters. The maximum atomic E-state index is 12.9. The number of rotatable bonds is 2. The Bertz CT molecular complexity index is 657. The van der Waals surface area contributed by atoms with Crippen LogP contribution in [0.3, 0.4) is 0 Å². The quantitative estimate of drug-likeness (QED) is 0.800. The summed E-state index contributed by atoms with van der Waals surface area (Å²) in [5.41, 5.74) is 2.12. The van der Waals surface area contributed by atoms with Gasteiger partial charge in [-0.15, -0.1) is 0 Å². The summed E-state index contributed by atoms with van der Waals surface area (Å²) in [4.78, 5) is 29.1. The van der Waals surface area contributed by atoms with E-state index >= 15 is 0 Å². The third kappa shape index (κ3) is 3.29. The lowest BCUT2D eigenvalue weighted by Crippen LogP contribution is -2.48. The third-order valence-electron chi connectivity index (χ3n) is 5.59. The van der Waals surface area contributed by atoms with Crippen LogP contribution in [-0.4, -0.2) is 63.7 Å². The molecule has 25 heavy (non-hydrogen) atoms. The minimum atomic E-state index is -0.252. The van der Waals surface area contributed by atoms with E-state index in [0.29, 0.717) is 26.2 Å². The van der Waals surface area contributed by atoms with Gasteiger partial charge in [-0.05, 0) is 38.7 Å². The van der Waals surface area contributed by atoms with Crippen LogP contribution in [0, 0.1) is 12.8 Å². The number of amides is 2. The maximum Gasteiger partial charge on any atom is 0.251 e. The van der Waals surface area contributed by atoms with Gasteiger partial charge in [0.1, 0.15) is 6.10 Å². The molecule has 3 aliphatic heterocycles. The molecule has 0 spiro atoms. The molecular weight excluding hydrogens is 320 g/mol. The van der Waals surface area contributed by atoms with Crippen molar-refractivity contribution in [2.45, 2.75) is 51.8 Å². The normalized spacial score (nSPS) is 24.4. The number of hydrogen-bond donors (Lipinski definition) is 0. The van der Waals surface area contributed by atoms with Gasteiger partial charge in [-0.1, -0.05) is 0 Å². The van der Waals surface area contributed by atoms with Gasteiger partial charge < -0.3 is 14.5 Å². The number of aromatic nitrogens is 2. The number of piperidine rings is 1. The van der Waals surface area contributed by atoms with Crippen LogP contribution in [0.4, 0.5) is 0 Å². The average molecular weight is 346 g/mol. The molecule has 4 rings (SSSR count). The summed E-state index contributed by atoms with van der Waals surface area (Å²) in [6.07, 6.45) is 3.06. The van der Waals surface area contributed by atoms with Crippen LogP contribution in [-0.2, 0) is 27.4 Å². The van der Waals surface area contributed by atoms with Crippen LogP contribution in [0.5, 0.6) is 0 Å². The van der Waals surface area contributed by atoms with Crippen molar-refractivity contribution in [3.8, 4) is 0 Å². The van der Waals surface area contributed by atoms with Gasteiger partial charge >= 0.3 is 0 Å². The summed E-state index contributed by atoms with van der Waals surface area (Å²) >= 11 is 0. The van der Waals surface area contributed by atoms with Crippen molar-refractivity contribution >= 4 is 11.8 Å². The average Bonchev–Trinajstić information content (AvgIpc) is 3.28. The van der Waals surface area contributed by atoms with E-state index in [1.807, 2.05) is 21.4 Å². The summed E-state index contributed by atoms with van der Waals surface area (Å²) < 4.78 is 7.50. The first-order valence-electron chi connectivity index (χ1n) is 9.34. The molecular formula is C18H26N4O3. The molecule has 0 radical (unpaired) electrons. The molecule has 7 heteroatoms. The standard InChI is InChI=1S/C18H26N4O3/c1-13-11-15-12-21(8-9-22(15)19-13)17(23)14-4-6-20(7-5-14)18(24)16-3-2-10-25-16/h11,14,16H,2-10,12H2,1H3/t16-/m1/s1. The van der Waals surface area contributed by atoms with Gasteiger partial charge in [0.05, 0.1) is 24.5 Å². The monoisotopic (exact) mass is 346 g/mol. The van der Waals surface area contributed by atoms with Crippen LogP contribution >= 0.6 is 0 Å². The maximum absolute atomic E-state index is 12.9. The van der Waals surface area contributed by atoms with Crippen molar-refractivity contribution < 1.29 is 14.3 Å². The lowest BCUT2D eigenvalue weighted by molar-refractivity contribution is -0.146. The molecule has 1 atom stereocenters. The first-order chi connectivity index (χ1) is 12.1. The smallest absolute Gasteiger partial charge is 0.251 e. The van der Waals surface area contributed by atoms with Gasteiger partial charge in [-0.2, -0.15) is 5.10 Å². The molecule has 136 valence electrons. The highest BCUT2D eigenvalue weighted by atomic mass is 16.5. The number of carbonyl (C=O) groups excluding carboxylic acids is 2. The first kappa shape index (κ1) is 16.6. The van der Waals surface area contributed by atoms with Crippen molar-refractivity contribution in [2.75, 3.05) is 26.2 Å². The minimum Gasteiger partial charge on any atom is -0.368 e. The lowest BCUT2D eigenvalue weighted by Gasteiger charge is -2.36. The van der Waals surface area contributed by atoms with Crippen molar-refractivity contribution in [3.63, 3.8) is 0 Å². The van der Waals surface area contributed by atoms with Gasteiger partial charge in [-0.3, -0.25) is 14.3 Å². The molecule has 2 amide bonds. The predicted molar refractivity (Wildman–Crippen MR) is 90.7 cm³/mol. The fourth-order valence-corrected chi connectivity index (χ4v) is 4.18. The molecule has 4 heterocycles. The van der Waals surface area contributed by atoms with Gasteiger partial charge in [0, 0.05) is 32.2 Å². The van der Waals surface area contributed by atoms with E-state index < -0.39 is 0 Å². The number of fused-ring (bicyclic) bond motifs is 1. The number of aryl methyl sites for hydroxylation is 1. The van der Waals surface area contributed by atoms with Gasteiger partial charge in [0.15, 0.2) is 0 Å². The zero-order valence-corrected chi connectivity index (χ0v) is 14.8. The molecule has 0 aliphatic carbocycles. The summed E-state index contributed by atoms with van der Waals surface area (Å²) in [5, 5.41) is 4.45. The Morgan fingerprint density at radius 2 is 1.88 bits per heavy atom. The third-order valence-corrected chi connectivity index (χ3v) is 5.59. The van der Waals surface area contributed by atoms with Gasteiger partial charge in [0.25, 0.3) is 5.91 Å². The van der Waals surface area contributed by atoms with E-state index in [9.17, 15) is 9.59 Å². The second kappa shape index (κ2) is 6.78. The van der Waals surface area contributed by atoms with Gasteiger partial charge in [0.2, 0.25) is 5.91 Å². The highest BCUT2D eigenvalue weighted by Crippen LogP contribution is 2.24. The Labute approximate surface area is 147 Å². The Kier molecular flexibility index (Phi) is 4.50. The summed E-state index contributed by atoms with van der Waals surface area (Å²) in [7, 11) is 0. The SMILES string of the molecule is Cc1cc2n(n1)CCN(C(=O)C1CCN(C(=O)[C@H]3CCCO3)CC1)C2. The highest BCUT2D eigenvalue weighted by Gasteiger charge is 2.34. The fourth-order valence-electron chi connectivity index (χ4n) is 4.18. The summed E-state index contributed by atoms with van der Waals surface area (Å²) in [5.74, 6) is 0.374. The second-order valence-electron chi connectivity index (χ2n) is 7.36. The molecule has 0 N–H and O–H groups in total. The van der Waals surface area contributed by atoms with Gasteiger partial charge in [-0.25, -0.2) is 0 Å². The van der Waals surface area contributed by atoms with E-state index in [1.54, 1.807) is 0 Å². The molecule has 0 saturated carbocycles. The molecule has 1 aromatic rings. The predicted octanol–water partition coefficient (Wildman–Crippen LogP) is 0.951. The highest BCUT2D eigenvalue weighted by molar-refractivity contribution is 5.82. The topological polar surface area (TPSA) is 67.7 Å². The summed E-state index contributed by atoms with van der Waals surface area (Å²) in [6, 6.07) is 2.06.